The van der Waals surface area contributed by atoms with Crippen molar-refractivity contribution in [3.63, 3.8) is 0 Å². The number of aliphatic hydroxyl groups excluding tert-OH is 1. The summed E-state index contributed by atoms with van der Waals surface area (Å²) in [7, 11) is 0. The van der Waals surface area contributed by atoms with Crippen molar-refractivity contribution in [2.24, 2.45) is 0 Å². The molecule has 0 saturated carbocycles. The van der Waals surface area contributed by atoms with E-state index in [-0.39, 0.29) is 12.4 Å². The summed E-state index contributed by atoms with van der Waals surface area (Å²) in [4.78, 5) is 10.8. The Morgan fingerprint density at radius 2 is 2.55 bits per heavy atom. The number of aliphatic hydroxyl groups is 1. The van der Waals surface area contributed by atoms with Crippen LogP contribution in [0.5, 0.6) is 0 Å². The molecule has 1 N–H and O–H groups in total. The summed E-state index contributed by atoms with van der Waals surface area (Å²) in [6, 6.07) is 0. The van der Waals surface area contributed by atoms with Gasteiger partial charge < -0.3 is 5.11 Å². The van der Waals surface area contributed by atoms with Gasteiger partial charge in [0.25, 0.3) is 0 Å². The van der Waals surface area contributed by atoms with Crippen molar-refractivity contribution in [2.75, 3.05) is 6.61 Å². The molecular weight excluding hydrogens is 146 g/mol. The molecule has 0 unspecified atom stereocenters. The highest BCUT2D eigenvalue weighted by atomic mass is 16.3. The van der Waals surface area contributed by atoms with Gasteiger partial charge in [-0.25, -0.2) is 4.68 Å². The second-order valence-corrected chi connectivity index (χ2v) is 2.12. The summed E-state index contributed by atoms with van der Waals surface area (Å²) < 4.78 is 1.38. The van der Waals surface area contributed by atoms with Crippen molar-refractivity contribution in [3.8, 4) is 0 Å². The number of rotatable bonds is 3. The first-order valence-electron chi connectivity index (χ1n) is 3.26. The molecule has 0 aliphatic carbocycles. The molecule has 0 fully saturated rings. The van der Waals surface area contributed by atoms with Crippen LogP contribution in [0.4, 0.5) is 0 Å². The standard InChI is InChI=1S/C6H9N3O2/c1-5(11)6-4-7-8-9(6)2-3-10/h4,10H,2-3H2,1H3. The lowest BCUT2D eigenvalue weighted by molar-refractivity contribution is 0.100. The summed E-state index contributed by atoms with van der Waals surface area (Å²) in [6.45, 7) is 1.71. The van der Waals surface area contributed by atoms with E-state index in [1.54, 1.807) is 0 Å². The van der Waals surface area contributed by atoms with Crippen molar-refractivity contribution in [1.29, 1.82) is 0 Å². The zero-order valence-electron chi connectivity index (χ0n) is 6.19. The molecule has 1 rings (SSSR count). The Balaban J connectivity index is 2.87. The van der Waals surface area contributed by atoms with E-state index in [9.17, 15) is 4.79 Å². The summed E-state index contributed by atoms with van der Waals surface area (Å²) in [5, 5.41) is 15.7. The molecule has 5 nitrogen and oxygen atoms in total. The van der Waals surface area contributed by atoms with Crippen molar-refractivity contribution >= 4 is 5.78 Å². The first-order chi connectivity index (χ1) is 5.25. The van der Waals surface area contributed by atoms with Crippen LogP contribution in [0, 0.1) is 0 Å². The zero-order valence-corrected chi connectivity index (χ0v) is 6.19. The quantitative estimate of drug-likeness (QED) is 0.596. The molecular formula is C6H9N3O2. The minimum absolute atomic E-state index is 0.0381. The van der Waals surface area contributed by atoms with Crippen LogP contribution in [0.15, 0.2) is 6.20 Å². The number of hydrogen-bond donors (Lipinski definition) is 1. The molecule has 11 heavy (non-hydrogen) atoms. The average molecular weight is 155 g/mol. The Kier molecular flexibility index (Phi) is 2.32. The first-order valence-corrected chi connectivity index (χ1v) is 3.26. The molecule has 1 heterocycles. The van der Waals surface area contributed by atoms with Gasteiger partial charge in [0.15, 0.2) is 5.78 Å². The summed E-state index contributed by atoms with van der Waals surface area (Å²) >= 11 is 0. The lowest BCUT2D eigenvalue weighted by Gasteiger charge is -1.98. The molecule has 0 bridgehead atoms. The van der Waals surface area contributed by atoms with Crippen LogP contribution >= 0.6 is 0 Å². The Hall–Kier alpha value is -1.23. The fraction of sp³-hybridized carbons (Fsp3) is 0.500. The Bertz CT molecular complexity index is 256. The van der Waals surface area contributed by atoms with Crippen LogP contribution in [-0.2, 0) is 6.54 Å². The predicted octanol–water partition coefficient (Wildman–Crippen LogP) is -0.527. The van der Waals surface area contributed by atoms with Gasteiger partial charge in [-0.15, -0.1) is 5.10 Å². The maximum absolute atomic E-state index is 10.8. The molecule has 0 saturated heterocycles. The predicted molar refractivity (Wildman–Crippen MR) is 37.1 cm³/mol. The number of carbonyl (C=O) groups is 1. The van der Waals surface area contributed by atoms with E-state index < -0.39 is 0 Å². The van der Waals surface area contributed by atoms with Gasteiger partial charge in [0, 0.05) is 6.92 Å². The average Bonchev–Trinajstić information content (AvgIpc) is 2.36. The molecule has 0 aliphatic heterocycles. The monoisotopic (exact) mass is 155 g/mol. The smallest absolute Gasteiger partial charge is 0.179 e. The lowest BCUT2D eigenvalue weighted by Crippen LogP contribution is -2.10. The summed E-state index contributed by atoms with van der Waals surface area (Å²) in [5.41, 5.74) is 0.430. The minimum atomic E-state index is -0.0940. The van der Waals surface area contributed by atoms with Crippen LogP contribution < -0.4 is 0 Å². The van der Waals surface area contributed by atoms with Crippen LogP contribution in [0.25, 0.3) is 0 Å². The van der Waals surface area contributed by atoms with E-state index in [0.29, 0.717) is 12.2 Å². The minimum Gasteiger partial charge on any atom is -0.394 e. The third-order valence-corrected chi connectivity index (χ3v) is 1.29. The van der Waals surface area contributed by atoms with E-state index in [2.05, 4.69) is 10.3 Å². The number of Topliss-reactive ketones (excluding diaryl/α,β-unsaturated/α-hetero) is 1. The molecule has 0 radical (unpaired) electrons. The molecule has 0 spiro atoms. The fourth-order valence-corrected chi connectivity index (χ4v) is 0.790. The van der Waals surface area contributed by atoms with Crippen molar-refractivity contribution in [3.05, 3.63) is 11.9 Å². The Morgan fingerprint density at radius 1 is 1.82 bits per heavy atom. The van der Waals surface area contributed by atoms with Gasteiger partial charge in [0.2, 0.25) is 0 Å². The normalized spacial score (nSPS) is 10.0. The number of hydrogen-bond acceptors (Lipinski definition) is 4. The molecule has 0 atom stereocenters. The van der Waals surface area contributed by atoms with Crippen LogP contribution in [0.3, 0.4) is 0 Å². The van der Waals surface area contributed by atoms with E-state index in [1.165, 1.54) is 17.8 Å². The second-order valence-electron chi connectivity index (χ2n) is 2.12. The number of carbonyl (C=O) groups excluding carboxylic acids is 1. The van der Waals surface area contributed by atoms with Crippen molar-refractivity contribution in [2.45, 2.75) is 13.5 Å². The van der Waals surface area contributed by atoms with Gasteiger partial charge in [-0.1, -0.05) is 5.21 Å². The molecule has 0 aromatic carbocycles. The number of nitrogens with zero attached hydrogens (tertiary/aromatic N) is 3. The molecule has 1 aromatic heterocycles. The van der Waals surface area contributed by atoms with Crippen LogP contribution in [0.1, 0.15) is 17.4 Å². The number of ketones is 1. The van der Waals surface area contributed by atoms with Gasteiger partial charge in [-0.3, -0.25) is 4.79 Å². The summed E-state index contributed by atoms with van der Waals surface area (Å²) in [5.74, 6) is -0.0940. The largest absolute Gasteiger partial charge is 0.394 e. The van der Waals surface area contributed by atoms with Crippen LogP contribution in [0.2, 0.25) is 0 Å². The highest BCUT2D eigenvalue weighted by molar-refractivity contribution is 5.91. The van der Waals surface area contributed by atoms with E-state index in [1.807, 2.05) is 0 Å². The Labute approximate surface area is 63.6 Å². The lowest BCUT2D eigenvalue weighted by atomic mass is 10.3. The van der Waals surface area contributed by atoms with E-state index in [0.717, 1.165) is 0 Å². The van der Waals surface area contributed by atoms with E-state index >= 15 is 0 Å². The van der Waals surface area contributed by atoms with Crippen molar-refractivity contribution in [1.82, 2.24) is 15.0 Å². The molecule has 60 valence electrons. The Morgan fingerprint density at radius 3 is 3.09 bits per heavy atom. The van der Waals surface area contributed by atoms with E-state index in [4.69, 9.17) is 5.11 Å². The topological polar surface area (TPSA) is 68.0 Å². The van der Waals surface area contributed by atoms with Gasteiger partial charge in [-0.2, -0.15) is 0 Å². The number of aromatic nitrogens is 3. The second kappa shape index (κ2) is 3.25. The fourth-order valence-electron chi connectivity index (χ4n) is 0.790. The highest BCUT2D eigenvalue weighted by Crippen LogP contribution is 1.95. The first kappa shape index (κ1) is 7.87. The van der Waals surface area contributed by atoms with Gasteiger partial charge in [-0.05, 0) is 0 Å². The third-order valence-electron chi connectivity index (χ3n) is 1.29. The molecule has 5 heteroatoms. The van der Waals surface area contributed by atoms with Gasteiger partial charge in [0.1, 0.15) is 5.69 Å². The van der Waals surface area contributed by atoms with Crippen molar-refractivity contribution < 1.29 is 9.90 Å². The maximum atomic E-state index is 10.8. The third kappa shape index (κ3) is 1.62. The molecule has 0 aliphatic rings. The zero-order chi connectivity index (χ0) is 8.27. The van der Waals surface area contributed by atoms with Gasteiger partial charge in [0.05, 0.1) is 19.3 Å². The summed E-state index contributed by atoms with van der Waals surface area (Å²) in [6.07, 6.45) is 1.39. The molecule has 1 aromatic rings. The SMILES string of the molecule is CC(=O)c1cnnn1CCO. The van der Waals surface area contributed by atoms with Gasteiger partial charge >= 0.3 is 0 Å². The molecule has 0 amide bonds. The van der Waals surface area contributed by atoms with Crippen LogP contribution in [-0.4, -0.2) is 32.5 Å². The maximum Gasteiger partial charge on any atom is 0.179 e. The highest BCUT2D eigenvalue weighted by Gasteiger charge is 2.06.